The molecule has 0 saturated carbocycles. The van der Waals surface area contributed by atoms with Crippen LogP contribution in [0.2, 0.25) is 0 Å². The Balaban J connectivity index is 1.96. The topological polar surface area (TPSA) is 55.6 Å². The van der Waals surface area contributed by atoms with Gasteiger partial charge in [-0.1, -0.05) is 6.92 Å². The minimum absolute atomic E-state index is 0.724. The molecule has 18 heavy (non-hydrogen) atoms. The van der Waals surface area contributed by atoms with Crippen LogP contribution in [0.25, 0.3) is 0 Å². The molecule has 6 heteroatoms. The Morgan fingerprint density at radius 3 is 2.83 bits per heavy atom. The van der Waals surface area contributed by atoms with Gasteiger partial charge in [-0.3, -0.25) is 4.68 Å². The summed E-state index contributed by atoms with van der Waals surface area (Å²) in [5, 5.41) is 7.81. The number of aryl methyl sites for hydroxylation is 2. The SMILES string of the molecule is CCc1nn(C)c(CNCc2ccncn2)c1Br. The van der Waals surface area contributed by atoms with Gasteiger partial charge in [0, 0.05) is 26.3 Å². The van der Waals surface area contributed by atoms with E-state index in [1.807, 2.05) is 17.8 Å². The summed E-state index contributed by atoms with van der Waals surface area (Å²) in [6.45, 7) is 3.58. The Bertz CT molecular complexity index is 509. The molecule has 0 aromatic carbocycles. The molecule has 96 valence electrons. The lowest BCUT2D eigenvalue weighted by molar-refractivity contribution is 0.615. The van der Waals surface area contributed by atoms with Crippen LogP contribution >= 0.6 is 15.9 Å². The van der Waals surface area contributed by atoms with E-state index in [0.717, 1.165) is 41.1 Å². The minimum atomic E-state index is 0.724. The Hall–Kier alpha value is -1.27. The third-order valence-electron chi connectivity index (χ3n) is 2.74. The third kappa shape index (κ3) is 2.94. The molecule has 0 saturated heterocycles. The van der Waals surface area contributed by atoms with E-state index < -0.39 is 0 Å². The van der Waals surface area contributed by atoms with Crippen molar-refractivity contribution in [3.05, 3.63) is 40.1 Å². The van der Waals surface area contributed by atoms with Crippen LogP contribution in [-0.4, -0.2) is 19.7 Å². The molecule has 2 aromatic rings. The molecule has 0 fully saturated rings. The van der Waals surface area contributed by atoms with Gasteiger partial charge in [0.15, 0.2) is 0 Å². The van der Waals surface area contributed by atoms with Crippen LogP contribution in [0.4, 0.5) is 0 Å². The van der Waals surface area contributed by atoms with Gasteiger partial charge in [0.1, 0.15) is 6.33 Å². The average molecular weight is 310 g/mol. The van der Waals surface area contributed by atoms with Crippen LogP contribution in [0.1, 0.15) is 24.0 Å². The molecule has 2 rings (SSSR count). The van der Waals surface area contributed by atoms with E-state index in [-0.39, 0.29) is 0 Å². The van der Waals surface area contributed by atoms with Gasteiger partial charge in [0.25, 0.3) is 0 Å². The van der Waals surface area contributed by atoms with E-state index in [1.165, 1.54) is 0 Å². The Labute approximate surface area is 115 Å². The van der Waals surface area contributed by atoms with E-state index in [2.05, 4.69) is 43.2 Å². The van der Waals surface area contributed by atoms with Crippen LogP contribution in [-0.2, 0) is 26.6 Å². The molecule has 2 aromatic heterocycles. The first-order valence-corrected chi connectivity index (χ1v) is 6.67. The van der Waals surface area contributed by atoms with Crippen LogP contribution in [0.3, 0.4) is 0 Å². The summed E-state index contributed by atoms with van der Waals surface area (Å²) in [7, 11) is 1.96. The fraction of sp³-hybridized carbons (Fsp3) is 0.417. The molecule has 0 aliphatic carbocycles. The van der Waals surface area contributed by atoms with Gasteiger partial charge >= 0.3 is 0 Å². The quantitative estimate of drug-likeness (QED) is 0.915. The second-order valence-corrected chi connectivity index (χ2v) is 4.78. The van der Waals surface area contributed by atoms with Crippen molar-refractivity contribution in [3.63, 3.8) is 0 Å². The van der Waals surface area contributed by atoms with Crippen molar-refractivity contribution in [2.45, 2.75) is 26.4 Å². The molecule has 0 bridgehead atoms. The fourth-order valence-electron chi connectivity index (χ4n) is 1.74. The van der Waals surface area contributed by atoms with Crippen molar-refractivity contribution in [2.24, 2.45) is 7.05 Å². The predicted molar refractivity (Wildman–Crippen MR) is 72.9 cm³/mol. The normalized spacial score (nSPS) is 10.8. The molecule has 0 aliphatic heterocycles. The largest absolute Gasteiger partial charge is 0.305 e. The zero-order valence-corrected chi connectivity index (χ0v) is 12.1. The summed E-state index contributed by atoms with van der Waals surface area (Å²) in [5.41, 5.74) is 3.23. The molecule has 2 heterocycles. The summed E-state index contributed by atoms with van der Waals surface area (Å²) in [6, 6.07) is 1.91. The van der Waals surface area contributed by atoms with Crippen molar-refractivity contribution in [3.8, 4) is 0 Å². The molecule has 0 unspecified atom stereocenters. The molecule has 0 aliphatic rings. The highest BCUT2D eigenvalue weighted by Crippen LogP contribution is 2.21. The molecular formula is C12H16BrN5. The van der Waals surface area contributed by atoms with Gasteiger partial charge in [-0.15, -0.1) is 0 Å². The van der Waals surface area contributed by atoms with Crippen molar-refractivity contribution < 1.29 is 0 Å². The molecule has 0 atom stereocenters. The van der Waals surface area contributed by atoms with Gasteiger partial charge in [-0.05, 0) is 28.4 Å². The van der Waals surface area contributed by atoms with Gasteiger partial charge in [-0.25, -0.2) is 9.97 Å². The molecule has 0 spiro atoms. The number of rotatable bonds is 5. The molecule has 1 N–H and O–H groups in total. The first-order valence-electron chi connectivity index (χ1n) is 5.88. The number of hydrogen-bond donors (Lipinski definition) is 1. The lowest BCUT2D eigenvalue weighted by Gasteiger charge is -2.05. The number of nitrogens with zero attached hydrogens (tertiary/aromatic N) is 4. The maximum absolute atomic E-state index is 4.46. The number of halogens is 1. The van der Waals surface area contributed by atoms with Gasteiger partial charge in [0.05, 0.1) is 21.6 Å². The van der Waals surface area contributed by atoms with Crippen molar-refractivity contribution >= 4 is 15.9 Å². The summed E-state index contributed by atoms with van der Waals surface area (Å²) in [4.78, 5) is 8.06. The van der Waals surface area contributed by atoms with Gasteiger partial charge in [0.2, 0.25) is 0 Å². The van der Waals surface area contributed by atoms with Crippen molar-refractivity contribution in [2.75, 3.05) is 0 Å². The van der Waals surface area contributed by atoms with Crippen molar-refractivity contribution in [1.29, 1.82) is 0 Å². The first-order chi connectivity index (χ1) is 8.72. The fourth-order valence-corrected chi connectivity index (χ4v) is 2.50. The zero-order chi connectivity index (χ0) is 13.0. The van der Waals surface area contributed by atoms with E-state index in [9.17, 15) is 0 Å². The smallest absolute Gasteiger partial charge is 0.115 e. The first kappa shape index (κ1) is 13.2. The molecule has 0 amide bonds. The third-order valence-corrected chi connectivity index (χ3v) is 3.66. The standard InChI is InChI=1S/C12H16BrN5/c1-3-10-12(13)11(18(2)17-10)7-15-6-9-4-5-14-8-16-9/h4-5,8,15H,3,6-7H2,1-2H3. The Morgan fingerprint density at radius 2 is 2.22 bits per heavy atom. The second kappa shape index (κ2) is 6.06. The molecule has 0 radical (unpaired) electrons. The highest BCUT2D eigenvalue weighted by molar-refractivity contribution is 9.10. The minimum Gasteiger partial charge on any atom is -0.305 e. The summed E-state index contributed by atoms with van der Waals surface area (Å²) in [5.74, 6) is 0. The number of hydrogen-bond acceptors (Lipinski definition) is 4. The van der Waals surface area contributed by atoms with Crippen LogP contribution in [0.5, 0.6) is 0 Å². The maximum atomic E-state index is 4.46. The van der Waals surface area contributed by atoms with E-state index in [4.69, 9.17) is 0 Å². The second-order valence-electron chi connectivity index (χ2n) is 3.99. The van der Waals surface area contributed by atoms with E-state index in [0.29, 0.717) is 0 Å². The number of aromatic nitrogens is 4. The maximum Gasteiger partial charge on any atom is 0.115 e. The van der Waals surface area contributed by atoms with Crippen LogP contribution in [0, 0.1) is 0 Å². The lowest BCUT2D eigenvalue weighted by atomic mass is 10.3. The average Bonchev–Trinajstić information content (AvgIpc) is 2.67. The summed E-state index contributed by atoms with van der Waals surface area (Å²) in [6.07, 6.45) is 4.24. The highest BCUT2D eigenvalue weighted by atomic mass is 79.9. The van der Waals surface area contributed by atoms with Crippen molar-refractivity contribution in [1.82, 2.24) is 25.1 Å². The number of nitrogens with one attached hydrogen (secondary N) is 1. The van der Waals surface area contributed by atoms with Crippen LogP contribution in [0.15, 0.2) is 23.1 Å². The predicted octanol–water partition coefficient (Wildman–Crippen LogP) is 1.82. The summed E-state index contributed by atoms with van der Waals surface area (Å²) < 4.78 is 3.01. The zero-order valence-electron chi connectivity index (χ0n) is 10.5. The molecular weight excluding hydrogens is 294 g/mol. The Morgan fingerprint density at radius 1 is 1.39 bits per heavy atom. The Kier molecular flexibility index (Phi) is 4.43. The monoisotopic (exact) mass is 309 g/mol. The molecule has 5 nitrogen and oxygen atoms in total. The van der Waals surface area contributed by atoms with Gasteiger partial charge in [-0.2, -0.15) is 5.10 Å². The lowest BCUT2D eigenvalue weighted by Crippen LogP contribution is -2.16. The van der Waals surface area contributed by atoms with Gasteiger partial charge < -0.3 is 5.32 Å². The van der Waals surface area contributed by atoms with Crippen LogP contribution < -0.4 is 5.32 Å². The van der Waals surface area contributed by atoms with E-state index >= 15 is 0 Å². The van der Waals surface area contributed by atoms with E-state index in [1.54, 1.807) is 12.5 Å². The summed E-state index contributed by atoms with van der Waals surface area (Å²) >= 11 is 3.60. The highest BCUT2D eigenvalue weighted by Gasteiger charge is 2.11.